The van der Waals surface area contributed by atoms with E-state index in [1.165, 1.54) is 0 Å². The van der Waals surface area contributed by atoms with Crippen LogP contribution in [0.3, 0.4) is 0 Å². The van der Waals surface area contributed by atoms with Gasteiger partial charge in [-0.15, -0.1) is 0 Å². The summed E-state index contributed by atoms with van der Waals surface area (Å²) in [6.07, 6.45) is 3.63. The van der Waals surface area contributed by atoms with E-state index < -0.39 is 0 Å². The standard InChI is InChI=1S/C22H21N3O/c1-3-8-19-20(25-14-7-9-15(2)21(25)23-19)22(26)24-18-13-6-11-16-10-4-5-12-17(16)18/h4-7,9-14H,3,8H2,1-2H3,(H,24,26). The molecular formula is C22H21N3O. The molecule has 0 saturated carbocycles. The van der Waals surface area contributed by atoms with Gasteiger partial charge in [0, 0.05) is 17.3 Å². The molecule has 0 unspecified atom stereocenters. The highest BCUT2D eigenvalue weighted by Gasteiger charge is 2.20. The topological polar surface area (TPSA) is 46.4 Å². The van der Waals surface area contributed by atoms with Crippen LogP contribution in [0, 0.1) is 6.92 Å². The minimum absolute atomic E-state index is 0.122. The van der Waals surface area contributed by atoms with E-state index in [-0.39, 0.29) is 5.91 Å². The summed E-state index contributed by atoms with van der Waals surface area (Å²) in [7, 11) is 0. The van der Waals surface area contributed by atoms with Gasteiger partial charge in [0.25, 0.3) is 5.91 Å². The zero-order chi connectivity index (χ0) is 18.1. The summed E-state index contributed by atoms with van der Waals surface area (Å²) in [6, 6.07) is 18.0. The zero-order valence-electron chi connectivity index (χ0n) is 15.0. The molecule has 1 N–H and O–H groups in total. The van der Waals surface area contributed by atoms with Gasteiger partial charge in [-0.05, 0) is 36.4 Å². The van der Waals surface area contributed by atoms with Gasteiger partial charge in [0.05, 0.1) is 5.69 Å². The maximum Gasteiger partial charge on any atom is 0.274 e. The van der Waals surface area contributed by atoms with Gasteiger partial charge in [0.15, 0.2) is 0 Å². The van der Waals surface area contributed by atoms with E-state index in [1.54, 1.807) is 0 Å². The second kappa shape index (κ2) is 6.64. The molecule has 2 aromatic heterocycles. The number of hydrogen-bond donors (Lipinski definition) is 1. The quantitative estimate of drug-likeness (QED) is 0.567. The molecule has 2 aromatic carbocycles. The van der Waals surface area contributed by atoms with Crippen LogP contribution in [-0.2, 0) is 6.42 Å². The fourth-order valence-corrected chi connectivity index (χ4v) is 3.42. The first-order valence-corrected chi connectivity index (χ1v) is 8.94. The van der Waals surface area contributed by atoms with Crippen LogP contribution < -0.4 is 5.32 Å². The van der Waals surface area contributed by atoms with Crippen molar-refractivity contribution >= 4 is 28.0 Å². The Labute approximate surface area is 152 Å². The number of carbonyl (C=O) groups is 1. The SMILES string of the molecule is CCCc1nc2c(C)cccn2c1C(=O)Nc1cccc2ccccc12. The summed E-state index contributed by atoms with van der Waals surface area (Å²) in [6.45, 7) is 4.12. The number of nitrogens with zero attached hydrogens (tertiary/aromatic N) is 2. The van der Waals surface area contributed by atoms with Crippen molar-refractivity contribution in [2.45, 2.75) is 26.7 Å². The molecule has 0 aliphatic carbocycles. The van der Waals surface area contributed by atoms with Crippen molar-refractivity contribution < 1.29 is 4.79 Å². The number of benzene rings is 2. The summed E-state index contributed by atoms with van der Waals surface area (Å²) in [5.74, 6) is -0.122. The Hall–Kier alpha value is -3.14. The highest BCUT2D eigenvalue weighted by molar-refractivity contribution is 6.09. The number of pyridine rings is 1. The predicted molar refractivity (Wildman–Crippen MR) is 106 cm³/mol. The number of rotatable bonds is 4. The number of fused-ring (bicyclic) bond motifs is 2. The van der Waals surface area contributed by atoms with Gasteiger partial charge in [0.2, 0.25) is 0 Å². The minimum atomic E-state index is -0.122. The molecule has 0 atom stereocenters. The Morgan fingerprint density at radius 3 is 2.73 bits per heavy atom. The molecule has 0 bridgehead atoms. The van der Waals surface area contributed by atoms with E-state index in [1.807, 2.05) is 72.1 Å². The molecule has 4 rings (SSSR count). The monoisotopic (exact) mass is 343 g/mol. The van der Waals surface area contributed by atoms with Crippen molar-refractivity contribution in [1.82, 2.24) is 9.38 Å². The molecule has 0 aliphatic rings. The number of anilines is 1. The summed E-state index contributed by atoms with van der Waals surface area (Å²) in [4.78, 5) is 17.9. The number of aryl methyl sites for hydroxylation is 2. The van der Waals surface area contributed by atoms with Gasteiger partial charge in [-0.25, -0.2) is 4.98 Å². The molecule has 0 spiro atoms. The van der Waals surface area contributed by atoms with Gasteiger partial charge >= 0.3 is 0 Å². The number of carbonyl (C=O) groups excluding carboxylic acids is 1. The van der Waals surface area contributed by atoms with Gasteiger partial charge in [-0.3, -0.25) is 9.20 Å². The largest absolute Gasteiger partial charge is 0.320 e. The Morgan fingerprint density at radius 2 is 1.88 bits per heavy atom. The third-order valence-electron chi connectivity index (χ3n) is 4.66. The number of nitrogens with one attached hydrogen (secondary N) is 1. The first-order chi connectivity index (χ1) is 12.7. The van der Waals surface area contributed by atoms with Crippen molar-refractivity contribution in [2.75, 3.05) is 5.32 Å². The second-order valence-electron chi connectivity index (χ2n) is 6.52. The maximum atomic E-state index is 13.2. The highest BCUT2D eigenvalue weighted by atomic mass is 16.2. The average molecular weight is 343 g/mol. The molecule has 130 valence electrons. The van der Waals surface area contributed by atoms with Crippen LogP contribution in [0.25, 0.3) is 16.4 Å². The molecule has 2 heterocycles. The maximum absolute atomic E-state index is 13.2. The molecule has 0 fully saturated rings. The van der Waals surface area contributed by atoms with Crippen LogP contribution in [0.2, 0.25) is 0 Å². The van der Waals surface area contributed by atoms with Crippen LogP contribution in [0.5, 0.6) is 0 Å². The molecule has 0 saturated heterocycles. The van der Waals surface area contributed by atoms with Crippen molar-refractivity contribution in [3.05, 3.63) is 77.7 Å². The van der Waals surface area contributed by atoms with Crippen molar-refractivity contribution in [3.8, 4) is 0 Å². The third kappa shape index (κ3) is 2.73. The van der Waals surface area contributed by atoms with Crippen molar-refractivity contribution in [1.29, 1.82) is 0 Å². The molecule has 4 aromatic rings. The smallest absolute Gasteiger partial charge is 0.274 e. The molecule has 1 amide bonds. The molecular weight excluding hydrogens is 322 g/mol. The summed E-state index contributed by atoms with van der Waals surface area (Å²) in [5.41, 5.74) is 4.20. The van der Waals surface area contributed by atoms with E-state index in [4.69, 9.17) is 4.98 Å². The molecule has 0 radical (unpaired) electrons. The molecule has 26 heavy (non-hydrogen) atoms. The Kier molecular flexibility index (Phi) is 4.17. The zero-order valence-corrected chi connectivity index (χ0v) is 15.0. The van der Waals surface area contributed by atoms with Gasteiger partial charge in [-0.1, -0.05) is 55.8 Å². The summed E-state index contributed by atoms with van der Waals surface area (Å²) >= 11 is 0. The van der Waals surface area contributed by atoms with Gasteiger partial charge in [0.1, 0.15) is 11.3 Å². The number of amides is 1. The van der Waals surface area contributed by atoms with E-state index in [0.717, 1.165) is 46.2 Å². The number of aromatic nitrogens is 2. The molecule has 0 aliphatic heterocycles. The molecule has 4 heteroatoms. The third-order valence-corrected chi connectivity index (χ3v) is 4.66. The Balaban J connectivity index is 1.81. The van der Waals surface area contributed by atoms with E-state index in [0.29, 0.717) is 5.69 Å². The van der Waals surface area contributed by atoms with Crippen LogP contribution in [-0.4, -0.2) is 15.3 Å². The Morgan fingerprint density at radius 1 is 1.08 bits per heavy atom. The fraction of sp³-hybridized carbons (Fsp3) is 0.182. The lowest BCUT2D eigenvalue weighted by Crippen LogP contribution is -2.16. The number of hydrogen-bond acceptors (Lipinski definition) is 2. The molecule has 4 nitrogen and oxygen atoms in total. The first-order valence-electron chi connectivity index (χ1n) is 8.94. The lowest BCUT2D eigenvalue weighted by Gasteiger charge is -2.10. The van der Waals surface area contributed by atoms with Crippen LogP contribution in [0.1, 0.15) is 35.1 Å². The normalized spacial score (nSPS) is 11.2. The van der Waals surface area contributed by atoms with Crippen LogP contribution >= 0.6 is 0 Å². The fourth-order valence-electron chi connectivity index (χ4n) is 3.42. The van der Waals surface area contributed by atoms with Crippen molar-refractivity contribution in [2.24, 2.45) is 0 Å². The average Bonchev–Trinajstić information content (AvgIpc) is 3.02. The lowest BCUT2D eigenvalue weighted by atomic mass is 10.1. The summed E-state index contributed by atoms with van der Waals surface area (Å²) in [5, 5.41) is 5.24. The van der Waals surface area contributed by atoms with Gasteiger partial charge < -0.3 is 5.32 Å². The highest BCUT2D eigenvalue weighted by Crippen LogP contribution is 2.25. The van der Waals surface area contributed by atoms with Gasteiger partial charge in [-0.2, -0.15) is 0 Å². The van der Waals surface area contributed by atoms with E-state index >= 15 is 0 Å². The predicted octanol–water partition coefficient (Wildman–Crippen LogP) is 5.00. The Bertz CT molecular complexity index is 1110. The van der Waals surface area contributed by atoms with Crippen molar-refractivity contribution in [3.63, 3.8) is 0 Å². The van der Waals surface area contributed by atoms with E-state index in [9.17, 15) is 4.79 Å². The first kappa shape index (κ1) is 16.3. The number of imidazole rings is 1. The summed E-state index contributed by atoms with van der Waals surface area (Å²) < 4.78 is 1.90. The lowest BCUT2D eigenvalue weighted by molar-refractivity contribution is 0.102. The second-order valence-corrected chi connectivity index (χ2v) is 6.52. The minimum Gasteiger partial charge on any atom is -0.320 e. The van der Waals surface area contributed by atoms with Crippen LogP contribution in [0.4, 0.5) is 5.69 Å². The van der Waals surface area contributed by atoms with E-state index in [2.05, 4.69) is 12.2 Å². The van der Waals surface area contributed by atoms with Crippen LogP contribution in [0.15, 0.2) is 60.8 Å².